The minimum absolute atomic E-state index is 0. The number of rotatable bonds is 8. The number of carboxylic acid groups (broad SMARTS) is 1. The summed E-state index contributed by atoms with van der Waals surface area (Å²) < 4.78 is 90.0. The van der Waals surface area contributed by atoms with Crippen LogP contribution in [-0.2, 0) is 13.5 Å². The quantitative estimate of drug-likeness (QED) is 0.0541. The number of fused-ring (bicyclic) bond motifs is 12. The number of amides is 3. The van der Waals surface area contributed by atoms with Gasteiger partial charge in [0.15, 0.2) is 13.5 Å². The first kappa shape index (κ1) is 57.8. The summed E-state index contributed by atoms with van der Waals surface area (Å²) in [5.74, 6) is -3.12. The van der Waals surface area contributed by atoms with Crippen LogP contribution in [0.25, 0.3) is 112 Å². The predicted octanol–water partition coefficient (Wildman–Crippen LogP) is 14.0. The zero-order valence-electron chi connectivity index (χ0n) is 46.1. The zero-order chi connectivity index (χ0) is 59.5. The van der Waals surface area contributed by atoms with E-state index in [9.17, 15) is 41.8 Å². The second-order valence-electron chi connectivity index (χ2n) is 19.1. The van der Waals surface area contributed by atoms with Gasteiger partial charge in [0.2, 0.25) is 5.91 Å². The van der Waals surface area contributed by atoms with Crippen LogP contribution in [0.4, 0.5) is 17.6 Å². The van der Waals surface area contributed by atoms with Crippen molar-refractivity contribution in [3.8, 4) is 79.4 Å². The van der Waals surface area contributed by atoms with Crippen molar-refractivity contribution in [1.82, 2.24) is 35.9 Å². The third-order valence-electron chi connectivity index (χ3n) is 14.5. The van der Waals surface area contributed by atoms with Crippen LogP contribution in [0, 0.1) is 23.3 Å². The number of pyridine rings is 2. The summed E-state index contributed by atoms with van der Waals surface area (Å²) in [6.45, 7) is 0.352. The van der Waals surface area contributed by atoms with Crippen LogP contribution in [0.5, 0.6) is 11.5 Å². The Bertz CT molecular complexity index is 4470. The lowest BCUT2D eigenvalue weighted by Crippen LogP contribution is -2.18. The maximum atomic E-state index is 14.6. The Kier molecular flexibility index (Phi) is 15.8. The summed E-state index contributed by atoms with van der Waals surface area (Å²) in [4.78, 5) is 61.2. The Morgan fingerprint density at radius 2 is 1.00 bits per heavy atom. The van der Waals surface area contributed by atoms with Crippen molar-refractivity contribution in [1.29, 1.82) is 0 Å². The highest BCUT2D eigenvalue weighted by Crippen LogP contribution is 2.44. The number of halogens is 6. The van der Waals surface area contributed by atoms with Gasteiger partial charge in [0, 0.05) is 59.3 Å². The molecule has 8 N–H and O–H groups in total. The number of carbonyl (C=O) groups excluding carboxylic acids is 3. The third kappa shape index (κ3) is 10.0. The Balaban J connectivity index is 0.000000180. The average Bonchev–Trinajstić information content (AvgIpc) is 1.74. The molecular weight excluding hydrogens is 1250 g/mol. The number of primary amides is 1. The number of nitrogens with zero attached hydrogens (tertiary/aromatic N) is 4. The number of aromatic nitrogens is 4. The first-order chi connectivity index (χ1) is 41.1. The highest BCUT2D eigenvalue weighted by Gasteiger charge is 2.30. The molecule has 2 aliphatic heterocycles. The number of hydrogen-bond donors (Lipinski definition) is 5. The number of ether oxygens (including phenoxy) is 2. The Morgan fingerprint density at radius 1 is 0.593 bits per heavy atom. The monoisotopic (exact) mass is 1300 g/mol. The fraction of sp³-hybridized carbons (Fsp3) is 0.0794. The average molecular weight is 1300 g/mol. The predicted molar refractivity (Wildman–Crippen MR) is 327 cm³/mol. The van der Waals surface area contributed by atoms with E-state index in [4.69, 9.17) is 35.4 Å². The molecule has 0 atom stereocenters. The summed E-state index contributed by atoms with van der Waals surface area (Å²) in [6, 6.07) is 36.7. The first-order valence-corrected chi connectivity index (χ1v) is 27.0. The van der Waals surface area contributed by atoms with Crippen LogP contribution in [0.2, 0.25) is 0 Å². The number of alkyl halides is 1. The second-order valence-corrected chi connectivity index (χ2v) is 19.1. The van der Waals surface area contributed by atoms with Gasteiger partial charge >= 0.3 is 5.97 Å². The molecule has 0 bridgehead atoms. The zero-order valence-corrected chi connectivity index (χ0v) is 48.0. The smallest absolute Gasteiger partial charge is 0.336 e. The third-order valence-corrected chi connectivity index (χ3v) is 14.5. The van der Waals surface area contributed by atoms with Gasteiger partial charge in [0.1, 0.15) is 68.8 Å². The standard InChI is InChI=1S/C31H20F2N4O4.C31H19F2N3O5.CH3I.ClH.H3N/c1-35-31(39)27-20-11-17(18(30(34)38)13-26(20)41-29(27)15-5-7-16(32)8-6-15)22-9-10-25-28(36-22)24-12-19-21(33)3-2-4-23(19)37(24)14-40-25;1-34-30(37)27-20-11-17(18(31(38)39)13-26(20)41-29(27)15-5-7-16(32)8-6-15)22-9-10-25-28(35-22)24-12-19-21(33)3-2-4-23(19)36(24)14-40-25;1-2;;/h2-13H,14H2,1H3,(H2,34,38)(H,35,39);2-13H,14H2,1H3,(H,34,37)(H,38,39);1H3;1H;1H3/i;;1D;;. The van der Waals surface area contributed by atoms with Crippen LogP contribution in [0.3, 0.4) is 0 Å². The Hall–Kier alpha value is -10.0. The first-order valence-electron chi connectivity index (χ1n) is 26.2. The van der Waals surface area contributed by atoms with E-state index in [1.54, 1.807) is 77.4 Å². The van der Waals surface area contributed by atoms with Crippen molar-refractivity contribution in [2.45, 2.75) is 13.5 Å². The van der Waals surface area contributed by atoms with Crippen molar-refractivity contribution in [2.24, 2.45) is 5.73 Å². The van der Waals surface area contributed by atoms with Crippen LogP contribution in [0.1, 0.15) is 42.8 Å². The molecule has 3 amide bonds. The molecule has 0 fully saturated rings. The molecule has 12 aromatic rings. The largest absolute Gasteiger partial charge is 0.478 e. The van der Waals surface area contributed by atoms with Crippen LogP contribution >= 0.6 is 35.0 Å². The molecule has 6 aromatic heterocycles. The summed E-state index contributed by atoms with van der Waals surface area (Å²) >= 11 is 1.96. The van der Waals surface area contributed by atoms with Gasteiger partial charge in [-0.1, -0.05) is 34.7 Å². The van der Waals surface area contributed by atoms with Crippen molar-refractivity contribution >= 4 is 102 Å². The molecule has 0 radical (unpaired) electrons. The molecule has 0 unspecified atom stereocenters. The van der Waals surface area contributed by atoms with Gasteiger partial charge in [0.05, 0.1) is 56.1 Å². The van der Waals surface area contributed by atoms with Gasteiger partial charge in [-0.25, -0.2) is 32.3 Å². The van der Waals surface area contributed by atoms with E-state index in [-0.39, 0.29) is 94.2 Å². The Labute approximate surface area is 505 Å². The van der Waals surface area contributed by atoms with Crippen molar-refractivity contribution in [3.05, 3.63) is 191 Å². The maximum absolute atomic E-state index is 14.6. The molecule has 0 spiro atoms. The topological polar surface area (TPSA) is 254 Å². The van der Waals surface area contributed by atoms with Gasteiger partial charge in [-0.3, -0.25) is 14.4 Å². The molecule has 17 nitrogen and oxygen atoms in total. The summed E-state index contributed by atoms with van der Waals surface area (Å²) in [5.41, 5.74) is 12.3. The number of carboxylic acids is 1. The fourth-order valence-electron chi connectivity index (χ4n) is 10.6. The van der Waals surface area contributed by atoms with E-state index < -0.39 is 35.3 Å². The normalized spacial score (nSPS) is 11.8. The number of hydrogen-bond acceptors (Lipinski definition) is 11. The lowest BCUT2D eigenvalue weighted by Gasteiger charge is -2.21. The molecule has 0 saturated heterocycles. The van der Waals surface area contributed by atoms with E-state index >= 15 is 0 Å². The number of benzene rings is 6. The van der Waals surface area contributed by atoms with Gasteiger partial charge in [-0.2, -0.15) is 0 Å². The van der Waals surface area contributed by atoms with E-state index in [2.05, 4.69) is 10.6 Å². The van der Waals surface area contributed by atoms with E-state index in [1.807, 2.05) is 27.2 Å². The molecule has 434 valence electrons. The summed E-state index contributed by atoms with van der Waals surface area (Å²) in [5, 5.41) is 17.0. The summed E-state index contributed by atoms with van der Waals surface area (Å²) in [7, 11) is 2.95. The van der Waals surface area contributed by atoms with Gasteiger partial charge < -0.3 is 55.1 Å². The minimum atomic E-state index is -1.23. The second kappa shape index (κ2) is 23.5. The van der Waals surface area contributed by atoms with E-state index in [0.29, 0.717) is 99.8 Å². The molecule has 14 rings (SSSR count). The van der Waals surface area contributed by atoms with Crippen molar-refractivity contribution in [3.63, 3.8) is 0 Å². The van der Waals surface area contributed by atoms with Gasteiger partial charge in [-0.15, -0.1) is 12.4 Å². The molecule has 0 saturated carbocycles. The number of nitrogens with one attached hydrogen (secondary N) is 2. The number of nitrogens with two attached hydrogens (primary N) is 1. The SMILES string of the molecule is CNC(=O)c1c(-c2ccc(F)cc2)oc2cc(C(=O)O)c(-c3ccc4c(n3)-c3cc5c(F)cccc5n3CO4)cc12.CNC(=O)c1c(-c2ccc(F)cc2)oc2cc(C(N)=O)c(-c3ccc4c(n3)-c3cc5c(F)cccc5n3CO4)cc12.Cl.N.[2H]CI. The molecule has 2 aliphatic rings. The molecule has 0 aliphatic carbocycles. The lowest BCUT2D eigenvalue weighted by atomic mass is 9.97. The van der Waals surface area contributed by atoms with E-state index in [1.165, 1.54) is 86.9 Å². The molecule has 23 heteroatoms. The molecule has 86 heavy (non-hydrogen) atoms. The highest BCUT2D eigenvalue weighted by atomic mass is 127. The lowest BCUT2D eigenvalue weighted by molar-refractivity contribution is 0.0696. The Morgan fingerprint density at radius 3 is 1.40 bits per heavy atom. The number of furan rings is 2. The van der Waals surface area contributed by atoms with Crippen LogP contribution in [-0.4, -0.2) is 66.9 Å². The van der Waals surface area contributed by atoms with Crippen molar-refractivity contribution in [2.75, 3.05) is 19.0 Å². The van der Waals surface area contributed by atoms with Crippen LogP contribution < -0.4 is 32.0 Å². The van der Waals surface area contributed by atoms with Crippen LogP contribution in [0.15, 0.2) is 154 Å². The minimum Gasteiger partial charge on any atom is -0.478 e. The number of aromatic carboxylic acids is 1. The molecule has 8 heterocycles. The van der Waals surface area contributed by atoms with Crippen molar-refractivity contribution < 1.29 is 61.5 Å². The van der Waals surface area contributed by atoms with Gasteiger partial charge in [0.25, 0.3) is 11.8 Å². The fourth-order valence-corrected chi connectivity index (χ4v) is 10.6. The summed E-state index contributed by atoms with van der Waals surface area (Å²) in [6.07, 6.45) is 0. The maximum Gasteiger partial charge on any atom is 0.336 e. The van der Waals surface area contributed by atoms with E-state index in [0.717, 1.165) is 0 Å². The molecular formula is C63H46ClF4IN8O9. The molecule has 6 aromatic carbocycles. The number of carbonyl (C=O) groups is 4. The highest BCUT2D eigenvalue weighted by molar-refractivity contribution is 14.1. The van der Waals surface area contributed by atoms with Gasteiger partial charge in [-0.05, 0) is 138 Å².